The molecule has 8 heteroatoms. The number of benzene rings is 2. The molecular weight excluding hydrogens is 431 g/mol. The Hall–Kier alpha value is -2.74. The number of hydrogen-bond donors (Lipinski definition) is 3. The van der Waals surface area contributed by atoms with Crippen molar-refractivity contribution in [3.8, 4) is 0 Å². The van der Waals surface area contributed by atoms with Crippen molar-refractivity contribution in [2.75, 3.05) is 0 Å². The summed E-state index contributed by atoms with van der Waals surface area (Å²) in [5.74, 6) is -2.88. The third-order valence-corrected chi connectivity index (χ3v) is 4.51. The largest absolute Gasteiger partial charge is 0.480 e. The van der Waals surface area contributed by atoms with E-state index in [2.05, 4.69) is 26.6 Å². The molecule has 0 aliphatic heterocycles. The molecular formula is C20H20BrFN2O4. The summed E-state index contributed by atoms with van der Waals surface area (Å²) in [4.78, 5) is 35.7. The van der Waals surface area contributed by atoms with E-state index in [1.165, 1.54) is 25.1 Å². The predicted molar refractivity (Wildman–Crippen MR) is 105 cm³/mol. The molecule has 0 spiro atoms. The van der Waals surface area contributed by atoms with Crippen LogP contribution < -0.4 is 10.6 Å². The van der Waals surface area contributed by atoms with Crippen LogP contribution in [-0.2, 0) is 27.2 Å². The third-order valence-electron chi connectivity index (χ3n) is 4.02. The summed E-state index contributed by atoms with van der Waals surface area (Å²) in [6.45, 7) is 1.23. The predicted octanol–water partition coefficient (Wildman–Crippen LogP) is 2.45. The van der Waals surface area contributed by atoms with Gasteiger partial charge in [-0.05, 0) is 29.3 Å². The van der Waals surface area contributed by atoms with Crippen molar-refractivity contribution in [3.63, 3.8) is 0 Å². The van der Waals surface area contributed by atoms with Gasteiger partial charge in [0.1, 0.15) is 17.9 Å². The second kappa shape index (κ2) is 9.98. The van der Waals surface area contributed by atoms with Gasteiger partial charge in [0.25, 0.3) is 0 Å². The minimum Gasteiger partial charge on any atom is -0.480 e. The van der Waals surface area contributed by atoms with Gasteiger partial charge in [0.05, 0.1) is 0 Å². The van der Waals surface area contributed by atoms with Gasteiger partial charge in [0.15, 0.2) is 0 Å². The molecule has 2 aromatic rings. The van der Waals surface area contributed by atoms with Crippen molar-refractivity contribution < 1.29 is 23.9 Å². The highest BCUT2D eigenvalue weighted by Crippen LogP contribution is 2.14. The van der Waals surface area contributed by atoms with E-state index in [1.807, 2.05) is 0 Å². The maximum Gasteiger partial charge on any atom is 0.326 e. The molecule has 0 heterocycles. The normalized spacial score (nSPS) is 12.7. The molecule has 0 saturated carbocycles. The van der Waals surface area contributed by atoms with Gasteiger partial charge in [-0.3, -0.25) is 9.59 Å². The van der Waals surface area contributed by atoms with Gasteiger partial charge in [0, 0.05) is 24.2 Å². The number of carbonyl (C=O) groups is 3. The molecule has 28 heavy (non-hydrogen) atoms. The number of amides is 2. The van der Waals surface area contributed by atoms with E-state index in [0.717, 1.165) is 4.47 Å². The van der Waals surface area contributed by atoms with Crippen molar-refractivity contribution in [2.45, 2.75) is 31.8 Å². The quantitative estimate of drug-likeness (QED) is 0.575. The summed E-state index contributed by atoms with van der Waals surface area (Å²) in [7, 11) is 0. The highest BCUT2D eigenvalue weighted by molar-refractivity contribution is 9.10. The SMILES string of the molecule is CC(=O)N[C@H](Cc1ccccc1F)C(=O)N[C@H](Cc1cccc(Br)c1)C(=O)O. The van der Waals surface area contributed by atoms with Gasteiger partial charge in [0.2, 0.25) is 11.8 Å². The monoisotopic (exact) mass is 450 g/mol. The maximum atomic E-state index is 13.9. The summed E-state index contributed by atoms with van der Waals surface area (Å²) in [6.07, 6.45) is -0.0334. The molecule has 0 aliphatic carbocycles. The molecule has 0 aromatic heterocycles. The fourth-order valence-electron chi connectivity index (χ4n) is 2.71. The molecule has 148 valence electrons. The van der Waals surface area contributed by atoms with Crippen LogP contribution in [0, 0.1) is 5.82 Å². The molecule has 3 N–H and O–H groups in total. The van der Waals surface area contributed by atoms with E-state index in [0.29, 0.717) is 5.56 Å². The lowest BCUT2D eigenvalue weighted by atomic mass is 10.0. The third kappa shape index (κ3) is 6.45. The number of carboxylic acids is 1. The fourth-order valence-corrected chi connectivity index (χ4v) is 3.16. The highest BCUT2D eigenvalue weighted by Gasteiger charge is 2.27. The lowest BCUT2D eigenvalue weighted by Crippen LogP contribution is -2.52. The van der Waals surface area contributed by atoms with Crippen LogP contribution in [-0.4, -0.2) is 35.0 Å². The van der Waals surface area contributed by atoms with Crippen molar-refractivity contribution in [1.82, 2.24) is 10.6 Å². The van der Waals surface area contributed by atoms with Gasteiger partial charge < -0.3 is 15.7 Å². The maximum absolute atomic E-state index is 13.9. The van der Waals surface area contributed by atoms with E-state index in [9.17, 15) is 23.9 Å². The summed E-state index contributed by atoms with van der Waals surface area (Å²) in [5.41, 5.74) is 0.961. The molecule has 6 nitrogen and oxygen atoms in total. The molecule has 2 aromatic carbocycles. The first kappa shape index (κ1) is 21.6. The molecule has 0 bridgehead atoms. The molecule has 0 aliphatic rings. The van der Waals surface area contributed by atoms with E-state index in [4.69, 9.17) is 0 Å². The number of carboxylic acid groups (broad SMARTS) is 1. The first-order chi connectivity index (χ1) is 13.3. The topological polar surface area (TPSA) is 95.5 Å². The van der Waals surface area contributed by atoms with Gasteiger partial charge in [-0.2, -0.15) is 0 Å². The van der Waals surface area contributed by atoms with Crippen molar-refractivity contribution >= 4 is 33.7 Å². The van der Waals surface area contributed by atoms with Crippen molar-refractivity contribution in [2.24, 2.45) is 0 Å². The Bertz CT molecular complexity index is 875. The van der Waals surface area contributed by atoms with Crippen LogP contribution in [0.4, 0.5) is 4.39 Å². The summed E-state index contributed by atoms with van der Waals surface area (Å²) in [6, 6.07) is 10.7. The summed E-state index contributed by atoms with van der Waals surface area (Å²) >= 11 is 3.32. The molecule has 2 atom stereocenters. The zero-order valence-corrected chi connectivity index (χ0v) is 16.7. The Labute approximate surface area is 170 Å². The number of halogens is 2. The number of carbonyl (C=O) groups excluding carboxylic acids is 2. The van der Waals surface area contributed by atoms with Crippen LogP contribution >= 0.6 is 15.9 Å². The summed E-state index contributed by atoms with van der Waals surface area (Å²) < 4.78 is 14.7. The first-order valence-corrected chi connectivity index (χ1v) is 9.33. The van der Waals surface area contributed by atoms with Gasteiger partial charge in [-0.15, -0.1) is 0 Å². The molecule has 0 saturated heterocycles. The Morgan fingerprint density at radius 1 is 1.04 bits per heavy atom. The molecule has 0 radical (unpaired) electrons. The van der Waals surface area contributed by atoms with Crippen LogP contribution in [0.1, 0.15) is 18.1 Å². The average Bonchev–Trinajstić information content (AvgIpc) is 2.62. The van der Waals surface area contributed by atoms with Gasteiger partial charge in [-0.1, -0.05) is 46.3 Å². The standard InChI is InChI=1S/C20H20BrFN2O4/c1-12(25)23-17(11-14-6-2-3-8-16(14)22)19(26)24-18(20(27)28)10-13-5-4-7-15(21)9-13/h2-9,17-18H,10-11H2,1H3,(H,23,25)(H,24,26)(H,27,28)/t17-,18-/m1/s1. The second-order valence-electron chi connectivity index (χ2n) is 6.28. The minimum atomic E-state index is -1.21. The zero-order valence-electron chi connectivity index (χ0n) is 15.1. The zero-order chi connectivity index (χ0) is 20.7. The van der Waals surface area contributed by atoms with Crippen LogP contribution in [0.5, 0.6) is 0 Å². The molecule has 0 fully saturated rings. The van der Waals surface area contributed by atoms with Gasteiger partial charge in [-0.25, -0.2) is 9.18 Å². The Balaban J connectivity index is 2.15. The Morgan fingerprint density at radius 2 is 1.75 bits per heavy atom. The van der Waals surface area contributed by atoms with E-state index in [-0.39, 0.29) is 18.4 Å². The number of rotatable bonds is 8. The first-order valence-electron chi connectivity index (χ1n) is 8.54. The second-order valence-corrected chi connectivity index (χ2v) is 7.20. The lowest BCUT2D eigenvalue weighted by Gasteiger charge is -2.21. The smallest absolute Gasteiger partial charge is 0.326 e. The Morgan fingerprint density at radius 3 is 2.36 bits per heavy atom. The summed E-state index contributed by atoms with van der Waals surface area (Å²) in [5, 5.41) is 14.4. The van der Waals surface area contributed by atoms with Crippen LogP contribution in [0.15, 0.2) is 53.0 Å². The lowest BCUT2D eigenvalue weighted by molar-refractivity contribution is -0.142. The average molecular weight is 451 g/mol. The number of hydrogen-bond acceptors (Lipinski definition) is 3. The van der Waals surface area contributed by atoms with Gasteiger partial charge >= 0.3 is 5.97 Å². The Kier molecular flexibility index (Phi) is 7.69. The van der Waals surface area contributed by atoms with Crippen molar-refractivity contribution in [1.29, 1.82) is 0 Å². The number of aliphatic carboxylic acids is 1. The van der Waals surface area contributed by atoms with E-state index in [1.54, 1.807) is 30.3 Å². The molecule has 2 rings (SSSR count). The van der Waals surface area contributed by atoms with Crippen molar-refractivity contribution in [3.05, 3.63) is 69.9 Å². The molecule has 2 amide bonds. The fraction of sp³-hybridized carbons (Fsp3) is 0.250. The van der Waals surface area contributed by atoms with E-state index < -0.39 is 35.7 Å². The van der Waals surface area contributed by atoms with Crippen LogP contribution in [0.3, 0.4) is 0 Å². The minimum absolute atomic E-state index is 0.0625. The van der Waals surface area contributed by atoms with Crippen LogP contribution in [0.2, 0.25) is 0 Å². The van der Waals surface area contributed by atoms with E-state index >= 15 is 0 Å². The highest BCUT2D eigenvalue weighted by atomic mass is 79.9. The number of nitrogens with one attached hydrogen (secondary N) is 2. The molecule has 0 unspecified atom stereocenters. The van der Waals surface area contributed by atoms with Crippen LogP contribution in [0.25, 0.3) is 0 Å².